The van der Waals surface area contributed by atoms with Crippen LogP contribution in [0, 0.1) is 13.8 Å². The van der Waals surface area contributed by atoms with Crippen LogP contribution < -0.4 is 4.90 Å². The Kier molecular flexibility index (Phi) is 3.50. The van der Waals surface area contributed by atoms with Crippen molar-refractivity contribution in [2.75, 3.05) is 23.5 Å². The molecule has 0 bridgehead atoms. The van der Waals surface area contributed by atoms with E-state index in [9.17, 15) is 8.42 Å². The zero-order valence-electron chi connectivity index (χ0n) is 13.8. The van der Waals surface area contributed by atoms with Gasteiger partial charge in [0.2, 0.25) is 0 Å². The number of pyridine rings is 1. The van der Waals surface area contributed by atoms with E-state index in [0.29, 0.717) is 6.42 Å². The molecule has 0 radical (unpaired) electrons. The second-order valence-electron chi connectivity index (χ2n) is 6.41. The van der Waals surface area contributed by atoms with Crippen molar-refractivity contribution in [1.82, 2.24) is 15.0 Å². The summed E-state index contributed by atoms with van der Waals surface area (Å²) in [5, 5.41) is 1.07. The second kappa shape index (κ2) is 5.35. The summed E-state index contributed by atoms with van der Waals surface area (Å²) in [4.78, 5) is 16.5. The van der Waals surface area contributed by atoms with Crippen LogP contribution >= 0.6 is 11.3 Å². The lowest BCUT2D eigenvalue weighted by molar-refractivity contribution is 0.600. The van der Waals surface area contributed by atoms with Crippen LogP contribution in [0.3, 0.4) is 0 Å². The van der Waals surface area contributed by atoms with Crippen molar-refractivity contribution in [3.8, 4) is 0 Å². The molecule has 4 rings (SSSR count). The smallest absolute Gasteiger partial charge is 0.152 e. The van der Waals surface area contributed by atoms with Gasteiger partial charge in [-0.1, -0.05) is 0 Å². The molecule has 24 heavy (non-hydrogen) atoms. The number of thiophene rings is 1. The fourth-order valence-electron chi connectivity index (χ4n) is 3.40. The summed E-state index contributed by atoms with van der Waals surface area (Å²) in [6, 6.07) is 2.03. The Morgan fingerprint density at radius 2 is 2.08 bits per heavy atom. The van der Waals surface area contributed by atoms with Crippen LogP contribution in [0.5, 0.6) is 0 Å². The SMILES string of the molecule is Cc1cc(C)c2c(n1)sc1c(N(C)C3CCS(=O)(=O)C3)ncnc12. The fourth-order valence-corrected chi connectivity index (χ4v) is 6.46. The molecule has 1 unspecified atom stereocenters. The van der Waals surface area contributed by atoms with Crippen molar-refractivity contribution >= 4 is 47.4 Å². The zero-order chi connectivity index (χ0) is 17.1. The Balaban J connectivity index is 1.89. The predicted octanol–water partition coefficient (Wildman–Crippen LogP) is 2.48. The molecule has 1 saturated heterocycles. The molecule has 0 aliphatic carbocycles. The average molecular weight is 362 g/mol. The molecule has 0 N–H and O–H groups in total. The van der Waals surface area contributed by atoms with Gasteiger partial charge in [0.1, 0.15) is 17.0 Å². The lowest BCUT2D eigenvalue weighted by Crippen LogP contribution is -2.33. The predicted molar refractivity (Wildman–Crippen MR) is 97.7 cm³/mol. The number of aromatic nitrogens is 3. The van der Waals surface area contributed by atoms with Gasteiger partial charge in [-0.3, -0.25) is 0 Å². The van der Waals surface area contributed by atoms with E-state index in [0.717, 1.165) is 37.5 Å². The van der Waals surface area contributed by atoms with E-state index >= 15 is 0 Å². The van der Waals surface area contributed by atoms with E-state index in [1.807, 2.05) is 18.9 Å². The largest absolute Gasteiger partial charge is 0.354 e. The molecule has 0 aromatic carbocycles. The van der Waals surface area contributed by atoms with Gasteiger partial charge >= 0.3 is 0 Å². The Labute approximate surface area is 144 Å². The molecule has 8 heteroatoms. The third-order valence-electron chi connectivity index (χ3n) is 4.62. The van der Waals surface area contributed by atoms with Crippen LogP contribution in [-0.4, -0.2) is 48.0 Å². The molecule has 1 aliphatic rings. The second-order valence-corrected chi connectivity index (χ2v) is 9.63. The summed E-state index contributed by atoms with van der Waals surface area (Å²) >= 11 is 1.58. The van der Waals surface area contributed by atoms with Gasteiger partial charge in [-0.05, 0) is 31.9 Å². The molecule has 3 aromatic rings. The zero-order valence-corrected chi connectivity index (χ0v) is 15.4. The maximum absolute atomic E-state index is 11.8. The minimum Gasteiger partial charge on any atom is -0.354 e. The molecule has 1 aliphatic heterocycles. The minimum atomic E-state index is -2.93. The summed E-state index contributed by atoms with van der Waals surface area (Å²) in [5.41, 5.74) is 3.04. The minimum absolute atomic E-state index is 0.0332. The molecule has 6 nitrogen and oxygen atoms in total. The van der Waals surface area contributed by atoms with Gasteiger partial charge in [0, 0.05) is 24.2 Å². The molecule has 126 valence electrons. The average Bonchev–Trinajstić information content (AvgIpc) is 3.05. The maximum atomic E-state index is 11.8. The molecule has 0 spiro atoms. The first-order chi connectivity index (χ1) is 11.4. The highest BCUT2D eigenvalue weighted by atomic mass is 32.2. The van der Waals surface area contributed by atoms with Crippen LogP contribution in [0.1, 0.15) is 17.7 Å². The van der Waals surface area contributed by atoms with Gasteiger partial charge in [-0.2, -0.15) is 0 Å². The number of anilines is 1. The monoisotopic (exact) mass is 362 g/mol. The van der Waals surface area contributed by atoms with Crippen molar-refractivity contribution in [1.29, 1.82) is 0 Å². The Morgan fingerprint density at radius 3 is 2.79 bits per heavy atom. The van der Waals surface area contributed by atoms with E-state index in [-0.39, 0.29) is 17.5 Å². The third-order valence-corrected chi connectivity index (χ3v) is 7.44. The normalized spacial score (nSPS) is 20.0. The van der Waals surface area contributed by atoms with Gasteiger partial charge in [-0.25, -0.2) is 23.4 Å². The number of hydrogen-bond donors (Lipinski definition) is 0. The van der Waals surface area contributed by atoms with Crippen LogP contribution in [0.15, 0.2) is 12.4 Å². The maximum Gasteiger partial charge on any atom is 0.152 e. The molecule has 1 fully saturated rings. The summed E-state index contributed by atoms with van der Waals surface area (Å²) < 4.78 is 24.6. The van der Waals surface area contributed by atoms with Crippen LogP contribution in [-0.2, 0) is 9.84 Å². The van der Waals surface area contributed by atoms with Crippen LogP contribution in [0.2, 0.25) is 0 Å². The summed E-state index contributed by atoms with van der Waals surface area (Å²) in [7, 11) is -1.01. The Morgan fingerprint density at radius 1 is 1.29 bits per heavy atom. The number of rotatable bonds is 2. The van der Waals surface area contributed by atoms with Crippen molar-refractivity contribution in [3.63, 3.8) is 0 Å². The third kappa shape index (κ3) is 2.44. The lowest BCUT2D eigenvalue weighted by Gasteiger charge is -2.24. The quantitative estimate of drug-likeness (QED) is 0.697. The topological polar surface area (TPSA) is 76.1 Å². The van der Waals surface area contributed by atoms with Gasteiger partial charge in [0.25, 0.3) is 0 Å². The van der Waals surface area contributed by atoms with Crippen molar-refractivity contribution in [2.45, 2.75) is 26.3 Å². The molecule has 3 aromatic heterocycles. The molecule has 4 heterocycles. The number of sulfone groups is 1. The first-order valence-corrected chi connectivity index (χ1v) is 10.4. The summed E-state index contributed by atoms with van der Waals surface area (Å²) in [5.74, 6) is 1.24. The molecular weight excluding hydrogens is 344 g/mol. The number of nitrogens with zero attached hydrogens (tertiary/aromatic N) is 4. The van der Waals surface area contributed by atoms with E-state index in [4.69, 9.17) is 0 Å². The van der Waals surface area contributed by atoms with Gasteiger partial charge in [-0.15, -0.1) is 11.3 Å². The fraction of sp³-hybridized carbons (Fsp3) is 0.438. The van der Waals surface area contributed by atoms with E-state index in [1.54, 1.807) is 17.7 Å². The number of fused-ring (bicyclic) bond motifs is 3. The van der Waals surface area contributed by atoms with E-state index in [1.165, 1.54) is 0 Å². The van der Waals surface area contributed by atoms with Crippen molar-refractivity contribution in [3.05, 3.63) is 23.7 Å². The van der Waals surface area contributed by atoms with E-state index in [2.05, 4.69) is 27.9 Å². The van der Waals surface area contributed by atoms with Gasteiger partial charge < -0.3 is 4.90 Å². The Bertz CT molecular complexity index is 1060. The highest BCUT2D eigenvalue weighted by Crippen LogP contribution is 2.38. The lowest BCUT2D eigenvalue weighted by atomic mass is 10.1. The molecule has 1 atom stereocenters. The van der Waals surface area contributed by atoms with E-state index < -0.39 is 9.84 Å². The Hall–Kier alpha value is -1.80. The molecule has 0 amide bonds. The van der Waals surface area contributed by atoms with Gasteiger partial charge in [0.05, 0.1) is 21.7 Å². The summed E-state index contributed by atoms with van der Waals surface area (Å²) in [6.45, 7) is 4.05. The first kappa shape index (κ1) is 15.7. The molecule has 0 saturated carbocycles. The standard InChI is InChI=1S/C16H18N4O2S2/c1-9-6-10(2)19-16-12(9)13-14(23-16)15(18-8-17-13)20(3)11-4-5-24(21,22)7-11/h6,8,11H,4-5,7H2,1-3H3. The van der Waals surface area contributed by atoms with Gasteiger partial charge in [0.15, 0.2) is 9.84 Å². The van der Waals surface area contributed by atoms with Crippen LogP contribution in [0.25, 0.3) is 20.4 Å². The van der Waals surface area contributed by atoms with Crippen LogP contribution in [0.4, 0.5) is 5.82 Å². The number of aryl methyl sites for hydroxylation is 2. The highest BCUT2D eigenvalue weighted by molar-refractivity contribution is 7.91. The first-order valence-electron chi connectivity index (χ1n) is 7.80. The highest BCUT2D eigenvalue weighted by Gasteiger charge is 2.32. The van der Waals surface area contributed by atoms with Crippen molar-refractivity contribution < 1.29 is 8.42 Å². The molecular formula is C16H18N4O2S2. The van der Waals surface area contributed by atoms with Crippen molar-refractivity contribution in [2.24, 2.45) is 0 Å². The summed E-state index contributed by atoms with van der Waals surface area (Å²) in [6.07, 6.45) is 2.20. The number of hydrogen-bond acceptors (Lipinski definition) is 7.